The zero-order valence-corrected chi connectivity index (χ0v) is 21.2. The minimum absolute atomic E-state index is 0.0145. The number of fused-ring (bicyclic) bond motifs is 5. The lowest BCUT2D eigenvalue weighted by Crippen LogP contribution is -2.62. The second-order valence-corrected chi connectivity index (χ2v) is 13.9. The summed E-state index contributed by atoms with van der Waals surface area (Å²) in [5, 5.41) is 33.0. The lowest BCUT2D eigenvalue weighted by molar-refractivity contribution is -0.185. The van der Waals surface area contributed by atoms with Gasteiger partial charge in [-0.15, -0.1) is 0 Å². The normalized spacial score (nSPS) is 50.8. The van der Waals surface area contributed by atoms with E-state index in [2.05, 4.69) is 33.8 Å². The van der Waals surface area contributed by atoms with Gasteiger partial charge in [0.2, 0.25) is 0 Å². The Morgan fingerprint density at radius 1 is 1.10 bits per heavy atom. The molecule has 3 heteroatoms. The van der Waals surface area contributed by atoms with Gasteiger partial charge < -0.3 is 15.3 Å². The summed E-state index contributed by atoms with van der Waals surface area (Å²) in [5.41, 5.74) is -0.279. The molecule has 0 amide bonds. The summed E-state index contributed by atoms with van der Waals surface area (Å²) in [6, 6.07) is 0. The van der Waals surface area contributed by atoms with E-state index in [4.69, 9.17) is 0 Å². The number of hydrogen-bond acceptors (Lipinski definition) is 3. The van der Waals surface area contributed by atoms with E-state index in [0.29, 0.717) is 29.6 Å². The summed E-state index contributed by atoms with van der Waals surface area (Å²) in [6.45, 7) is 15.2. The van der Waals surface area contributed by atoms with Crippen molar-refractivity contribution in [3.05, 3.63) is 11.6 Å². The number of allylic oxidation sites excluding steroid dienone is 1. The third-order valence-corrected chi connectivity index (χ3v) is 10.5. The van der Waals surface area contributed by atoms with Gasteiger partial charge in [-0.2, -0.15) is 0 Å². The molecule has 4 aliphatic rings. The van der Waals surface area contributed by atoms with Gasteiger partial charge in [0.25, 0.3) is 0 Å². The van der Waals surface area contributed by atoms with Crippen LogP contribution in [-0.2, 0) is 0 Å². The van der Waals surface area contributed by atoms with E-state index < -0.39 is 16.8 Å². The molecule has 0 aromatic rings. The van der Waals surface area contributed by atoms with Gasteiger partial charge in [-0.1, -0.05) is 32.4 Å². The summed E-state index contributed by atoms with van der Waals surface area (Å²) in [4.78, 5) is 0. The Hall–Kier alpha value is -0.380. The molecule has 0 aliphatic heterocycles. The van der Waals surface area contributed by atoms with Crippen LogP contribution >= 0.6 is 0 Å². The Morgan fingerprint density at radius 2 is 1.77 bits per heavy atom. The van der Waals surface area contributed by atoms with Crippen LogP contribution < -0.4 is 0 Å². The maximum absolute atomic E-state index is 12.0. The second-order valence-electron chi connectivity index (χ2n) is 13.9. The SMILES string of the molecule is C[C@H](CCC(C)(C)O)[C@H]1CC[C@H]2[C@@H]3CC=C4C[C@@](C)(O)CC[C@]4(C)[C@H]3[C@@](C)(O)C[C@]12C. The van der Waals surface area contributed by atoms with Gasteiger partial charge in [0.05, 0.1) is 16.8 Å². The van der Waals surface area contributed by atoms with Gasteiger partial charge in [0.1, 0.15) is 0 Å². The molecule has 0 heterocycles. The van der Waals surface area contributed by atoms with Crippen LogP contribution in [0, 0.1) is 40.4 Å². The van der Waals surface area contributed by atoms with Crippen LogP contribution in [0.15, 0.2) is 11.6 Å². The molecule has 3 saturated carbocycles. The molecule has 0 unspecified atom stereocenters. The highest BCUT2D eigenvalue weighted by atomic mass is 16.3. The van der Waals surface area contributed by atoms with Gasteiger partial charge in [0.15, 0.2) is 0 Å². The van der Waals surface area contributed by atoms with Crippen LogP contribution in [-0.4, -0.2) is 32.1 Å². The molecule has 3 N–H and O–H groups in total. The molecular weight excluding hydrogens is 384 g/mol. The standard InChI is InChI=1S/C28H48O3/c1-18(12-13-24(2,3)29)21-10-11-22-20-9-8-19-16-25(4,30)14-15-26(19,5)23(20)28(7,31)17-27(21,22)6/h8,18,20-23,29-31H,9-17H2,1-7H3/t18-,20+,21-,22+,23+,25+,26+,27-,28+/m1/s1. The third kappa shape index (κ3) is 3.95. The maximum Gasteiger partial charge on any atom is 0.0664 e. The first-order valence-electron chi connectivity index (χ1n) is 13.0. The minimum Gasteiger partial charge on any atom is -0.390 e. The van der Waals surface area contributed by atoms with Gasteiger partial charge in [-0.3, -0.25) is 0 Å². The Morgan fingerprint density at radius 3 is 2.42 bits per heavy atom. The van der Waals surface area contributed by atoms with Gasteiger partial charge in [-0.05, 0) is 126 Å². The van der Waals surface area contributed by atoms with Gasteiger partial charge >= 0.3 is 0 Å². The zero-order valence-electron chi connectivity index (χ0n) is 21.2. The molecule has 0 spiro atoms. The molecule has 0 aromatic carbocycles. The molecule has 4 aliphatic carbocycles. The van der Waals surface area contributed by atoms with Gasteiger partial charge in [-0.25, -0.2) is 0 Å². The molecule has 0 aromatic heterocycles. The molecule has 0 saturated heterocycles. The highest BCUT2D eigenvalue weighted by Crippen LogP contribution is 2.70. The summed E-state index contributed by atoms with van der Waals surface area (Å²) >= 11 is 0. The van der Waals surface area contributed by atoms with E-state index in [1.807, 2.05) is 20.8 Å². The van der Waals surface area contributed by atoms with Crippen molar-refractivity contribution in [2.75, 3.05) is 0 Å². The topological polar surface area (TPSA) is 60.7 Å². The van der Waals surface area contributed by atoms with E-state index >= 15 is 0 Å². The second kappa shape index (κ2) is 7.31. The fourth-order valence-electron chi connectivity index (χ4n) is 9.34. The highest BCUT2D eigenvalue weighted by molar-refractivity contribution is 5.29. The number of aliphatic hydroxyl groups is 3. The summed E-state index contributed by atoms with van der Waals surface area (Å²) in [6.07, 6.45) is 11.4. The fourth-order valence-corrected chi connectivity index (χ4v) is 9.34. The molecule has 0 radical (unpaired) electrons. The molecule has 4 rings (SSSR count). The van der Waals surface area contributed by atoms with Crippen molar-refractivity contribution >= 4 is 0 Å². The smallest absolute Gasteiger partial charge is 0.0664 e. The first kappa shape index (κ1) is 23.8. The van der Waals surface area contributed by atoms with Crippen LogP contribution in [0.1, 0.15) is 106 Å². The molecular formula is C28H48O3. The average Bonchev–Trinajstić information content (AvgIpc) is 2.94. The van der Waals surface area contributed by atoms with Crippen molar-refractivity contribution in [2.45, 2.75) is 123 Å². The Bertz CT molecular complexity index is 729. The minimum atomic E-state index is -0.675. The summed E-state index contributed by atoms with van der Waals surface area (Å²) in [5.74, 6) is 2.70. The Balaban J connectivity index is 1.63. The van der Waals surface area contributed by atoms with Crippen LogP contribution in [0.3, 0.4) is 0 Å². The molecule has 31 heavy (non-hydrogen) atoms. The Kier molecular flexibility index (Phi) is 5.60. The van der Waals surface area contributed by atoms with E-state index in [1.54, 1.807) is 0 Å². The molecule has 3 fully saturated rings. The van der Waals surface area contributed by atoms with Crippen LogP contribution in [0.2, 0.25) is 0 Å². The lowest BCUT2D eigenvalue weighted by Gasteiger charge is -2.64. The predicted molar refractivity (Wildman–Crippen MR) is 127 cm³/mol. The fraction of sp³-hybridized carbons (Fsp3) is 0.929. The van der Waals surface area contributed by atoms with E-state index in [-0.39, 0.29) is 10.8 Å². The van der Waals surface area contributed by atoms with Crippen LogP contribution in [0.25, 0.3) is 0 Å². The third-order valence-electron chi connectivity index (χ3n) is 10.5. The molecule has 178 valence electrons. The van der Waals surface area contributed by atoms with Crippen molar-refractivity contribution in [3.63, 3.8) is 0 Å². The average molecular weight is 433 g/mol. The van der Waals surface area contributed by atoms with Crippen molar-refractivity contribution in [2.24, 2.45) is 40.4 Å². The Labute approximate surface area is 190 Å². The van der Waals surface area contributed by atoms with Crippen molar-refractivity contribution in [3.8, 4) is 0 Å². The monoisotopic (exact) mass is 432 g/mol. The largest absolute Gasteiger partial charge is 0.390 e. The zero-order chi connectivity index (χ0) is 23.0. The van der Waals surface area contributed by atoms with E-state index in [1.165, 1.54) is 18.4 Å². The van der Waals surface area contributed by atoms with E-state index in [9.17, 15) is 15.3 Å². The van der Waals surface area contributed by atoms with E-state index in [0.717, 1.165) is 44.9 Å². The summed E-state index contributed by atoms with van der Waals surface area (Å²) in [7, 11) is 0. The van der Waals surface area contributed by atoms with Crippen LogP contribution in [0.5, 0.6) is 0 Å². The first-order chi connectivity index (χ1) is 14.1. The number of hydrogen-bond donors (Lipinski definition) is 3. The lowest BCUT2D eigenvalue weighted by atomic mass is 9.42. The van der Waals surface area contributed by atoms with Crippen molar-refractivity contribution < 1.29 is 15.3 Å². The van der Waals surface area contributed by atoms with Crippen molar-refractivity contribution in [1.29, 1.82) is 0 Å². The predicted octanol–water partition coefficient (Wildman–Crippen LogP) is 5.86. The highest BCUT2D eigenvalue weighted by Gasteiger charge is 2.65. The molecule has 0 bridgehead atoms. The van der Waals surface area contributed by atoms with Crippen LogP contribution in [0.4, 0.5) is 0 Å². The quantitative estimate of drug-likeness (QED) is 0.487. The van der Waals surface area contributed by atoms with Crippen molar-refractivity contribution in [1.82, 2.24) is 0 Å². The maximum atomic E-state index is 12.0. The first-order valence-corrected chi connectivity index (χ1v) is 13.0. The number of rotatable bonds is 4. The van der Waals surface area contributed by atoms with Gasteiger partial charge in [0, 0.05) is 0 Å². The summed E-state index contributed by atoms with van der Waals surface area (Å²) < 4.78 is 0. The molecule has 3 nitrogen and oxygen atoms in total. The molecule has 9 atom stereocenters.